The Morgan fingerprint density at radius 1 is 0.857 bits per heavy atom. The van der Waals surface area contributed by atoms with Crippen LogP contribution in [0.2, 0.25) is 13.1 Å². The molecule has 140 valence electrons. The van der Waals surface area contributed by atoms with E-state index in [9.17, 15) is 0 Å². The van der Waals surface area contributed by atoms with Gasteiger partial charge in [-0.05, 0) is 0 Å². The smallest absolute Gasteiger partial charge is 1.00 e. The molecule has 0 spiro atoms. The van der Waals surface area contributed by atoms with Crippen molar-refractivity contribution in [3.05, 3.63) is 93.3 Å². The molecule has 0 saturated heterocycles. The molecule has 5 rings (SSSR count). The van der Waals surface area contributed by atoms with Crippen molar-refractivity contribution in [2.75, 3.05) is 0 Å². The number of rotatable bonds is 2. The number of allylic oxidation sites excluding steroid dienone is 4. The number of fused-ring (bicyclic) bond motifs is 5. The van der Waals surface area contributed by atoms with E-state index in [0.29, 0.717) is 3.63 Å². The first kappa shape index (κ1) is 21.8. The molecule has 0 N–H and O–H groups in total. The Labute approximate surface area is 187 Å². The van der Waals surface area contributed by atoms with Crippen LogP contribution in [0, 0.1) is 0 Å². The molecule has 4 heteroatoms. The third kappa shape index (κ3) is 3.43. The van der Waals surface area contributed by atoms with Gasteiger partial charge in [-0.15, -0.1) is 0 Å². The van der Waals surface area contributed by atoms with E-state index in [2.05, 4.69) is 92.0 Å². The van der Waals surface area contributed by atoms with Crippen LogP contribution in [0.1, 0.15) is 21.2 Å². The number of benzene rings is 3. The van der Waals surface area contributed by atoms with Crippen molar-refractivity contribution >= 4 is 16.2 Å². The number of halogens is 2. The Balaban J connectivity index is 0.00000112. The number of hydrogen-bond acceptors (Lipinski definition) is 0. The predicted molar refractivity (Wildman–Crippen MR) is 111 cm³/mol. The summed E-state index contributed by atoms with van der Waals surface area (Å²) in [5.74, 6) is 0. The first-order valence-electron chi connectivity index (χ1n) is 9.40. The molecule has 3 aromatic rings. The van der Waals surface area contributed by atoms with Gasteiger partial charge in [0.2, 0.25) is 0 Å². The van der Waals surface area contributed by atoms with Crippen molar-refractivity contribution in [2.45, 2.75) is 23.1 Å². The van der Waals surface area contributed by atoms with Crippen LogP contribution in [0.5, 0.6) is 0 Å². The fraction of sp³-hybridized carbons (Fsp3) is 0.167. The first-order chi connectivity index (χ1) is 12.8. The monoisotopic (exact) mass is 498 g/mol. The molecule has 28 heavy (non-hydrogen) atoms. The molecule has 3 aromatic carbocycles. The van der Waals surface area contributed by atoms with Gasteiger partial charge in [-0.2, -0.15) is 0 Å². The predicted octanol–water partition coefficient (Wildman–Crippen LogP) is 0.631. The maximum atomic E-state index is 2.57. The zero-order valence-corrected chi connectivity index (χ0v) is 21.0. The molecule has 0 saturated carbocycles. The van der Waals surface area contributed by atoms with Crippen molar-refractivity contribution in [1.82, 2.24) is 0 Å². The first-order valence-corrected chi connectivity index (χ1v) is 18.2. The molecule has 2 aliphatic carbocycles. The van der Waals surface area contributed by atoms with Crippen LogP contribution < -0.4 is 24.8 Å². The van der Waals surface area contributed by atoms with Crippen molar-refractivity contribution in [1.29, 1.82) is 0 Å². The zero-order valence-electron chi connectivity index (χ0n) is 16.0. The van der Waals surface area contributed by atoms with Gasteiger partial charge in [-0.25, -0.2) is 0 Å². The topological polar surface area (TPSA) is 0 Å². The van der Waals surface area contributed by atoms with E-state index in [1.807, 2.05) is 3.28 Å². The molecule has 0 radical (unpaired) electrons. The molecule has 0 aromatic heterocycles. The van der Waals surface area contributed by atoms with Gasteiger partial charge >= 0.3 is 164 Å². The third-order valence-corrected chi connectivity index (χ3v) is 23.9. The number of hydrogen-bond donors (Lipinski definition) is 0. The van der Waals surface area contributed by atoms with Crippen LogP contribution in [0.4, 0.5) is 0 Å². The zero-order chi connectivity index (χ0) is 17.7. The molecular formula is C24H22Cl2SiZr. The summed E-state index contributed by atoms with van der Waals surface area (Å²) in [5.41, 5.74) is 5.96. The van der Waals surface area contributed by atoms with E-state index in [-0.39, 0.29) is 30.2 Å². The van der Waals surface area contributed by atoms with Gasteiger partial charge in [0.1, 0.15) is 0 Å². The molecule has 0 bridgehead atoms. The molecule has 0 amide bonds. The van der Waals surface area contributed by atoms with Crippen molar-refractivity contribution in [2.24, 2.45) is 0 Å². The summed E-state index contributed by atoms with van der Waals surface area (Å²) in [6.07, 6.45) is 8.35. The summed E-state index contributed by atoms with van der Waals surface area (Å²) in [6, 6.07) is 22.9. The minimum absolute atomic E-state index is 0. The normalized spacial score (nSPS) is 15.6. The van der Waals surface area contributed by atoms with E-state index < -0.39 is 20.4 Å². The van der Waals surface area contributed by atoms with Crippen LogP contribution >= 0.6 is 0 Å². The summed E-state index contributed by atoms with van der Waals surface area (Å²) >= 11 is -1.82. The van der Waals surface area contributed by atoms with Crippen LogP contribution in [0.25, 0.3) is 21.9 Å². The van der Waals surface area contributed by atoms with Crippen molar-refractivity contribution in [3.8, 4) is 11.1 Å². The van der Waals surface area contributed by atoms with E-state index in [0.717, 1.165) is 0 Å². The molecule has 0 nitrogen and oxygen atoms in total. The van der Waals surface area contributed by atoms with Gasteiger partial charge in [0.15, 0.2) is 0 Å². The summed E-state index contributed by atoms with van der Waals surface area (Å²) in [5, 5.41) is 2.88. The largest absolute Gasteiger partial charge is 1.00 e. The van der Waals surface area contributed by atoms with Gasteiger partial charge in [0, 0.05) is 0 Å². The maximum absolute atomic E-state index is 2.57. The van der Waals surface area contributed by atoms with E-state index in [1.165, 1.54) is 28.3 Å². The van der Waals surface area contributed by atoms with Crippen molar-refractivity contribution in [3.63, 3.8) is 0 Å². The second-order valence-corrected chi connectivity index (χ2v) is 25.1. The average Bonchev–Trinajstić information content (AvgIpc) is 3.29. The molecule has 1 atom stereocenters. The fourth-order valence-corrected chi connectivity index (χ4v) is 23.1. The Hall–Kier alpha value is -0.920. The van der Waals surface area contributed by atoms with Crippen LogP contribution in [0.15, 0.2) is 82.2 Å². The van der Waals surface area contributed by atoms with E-state index in [4.69, 9.17) is 0 Å². The Morgan fingerprint density at radius 3 is 2.36 bits per heavy atom. The summed E-state index contributed by atoms with van der Waals surface area (Å²) in [4.78, 5) is 0. The molecule has 0 aliphatic heterocycles. The van der Waals surface area contributed by atoms with Crippen LogP contribution in [-0.2, 0) is 20.4 Å². The van der Waals surface area contributed by atoms with Gasteiger partial charge in [-0.3, -0.25) is 0 Å². The minimum atomic E-state index is -1.82. The Bertz CT molecular complexity index is 1140. The van der Waals surface area contributed by atoms with Gasteiger partial charge < -0.3 is 24.8 Å². The summed E-state index contributed by atoms with van der Waals surface area (Å²) in [6.45, 7) is 5.15. The summed E-state index contributed by atoms with van der Waals surface area (Å²) < 4.78 is 2.51. The standard InChI is InChI=1S/C17H11.C5H5.C2H6Si.2ClH.Zr/c1-3-7-14-12(5-1)9-10-16-15-8-4-2-6-13(15)11-17(14)16;1-2-4-5-3-1;1-3-2;;;/h1-11H;1-3H,4H2;1-2H3;2*1H;/q;;;;;+2/p-2. The third-order valence-electron chi connectivity index (χ3n) is 5.77. The Kier molecular flexibility index (Phi) is 6.88. The molecule has 1 unspecified atom stereocenters. The minimum Gasteiger partial charge on any atom is -1.00 e. The van der Waals surface area contributed by atoms with Crippen LogP contribution in [0.3, 0.4) is 0 Å². The van der Waals surface area contributed by atoms with Gasteiger partial charge in [0.25, 0.3) is 0 Å². The maximum Gasteiger partial charge on any atom is -1.00 e. The molecular weight excluding hydrogens is 478 g/mol. The van der Waals surface area contributed by atoms with Gasteiger partial charge in [-0.1, -0.05) is 0 Å². The average molecular weight is 501 g/mol. The van der Waals surface area contributed by atoms with E-state index >= 15 is 0 Å². The molecule has 0 fully saturated rings. The fourth-order valence-electron chi connectivity index (χ4n) is 4.73. The van der Waals surface area contributed by atoms with E-state index in [1.54, 1.807) is 11.1 Å². The SMILES string of the molecule is C[Si](C)=[Zr+2]([C]1=CC=CC1)[CH]1c2ccccc2-c2ccc3ccccc3c21.[Cl-].[Cl-]. The second-order valence-electron chi connectivity index (χ2n) is 7.51. The van der Waals surface area contributed by atoms with Crippen molar-refractivity contribution < 1.29 is 45.2 Å². The Morgan fingerprint density at radius 2 is 1.61 bits per heavy atom. The van der Waals surface area contributed by atoms with Gasteiger partial charge in [0.05, 0.1) is 0 Å². The molecule has 2 aliphatic rings. The van der Waals surface area contributed by atoms with Crippen LogP contribution in [-0.4, -0.2) is 5.43 Å². The summed E-state index contributed by atoms with van der Waals surface area (Å²) in [7, 11) is 0. The second kappa shape index (κ2) is 8.84. The quantitative estimate of drug-likeness (QED) is 0.453. The molecule has 0 heterocycles.